The van der Waals surface area contributed by atoms with Crippen molar-refractivity contribution >= 4 is 0 Å². The Balaban J connectivity index is 1.34. The molecule has 1 atom stereocenters. The molecule has 1 N–H and O–H groups in total. The van der Waals surface area contributed by atoms with Crippen molar-refractivity contribution in [2.24, 2.45) is 7.05 Å². The van der Waals surface area contributed by atoms with Gasteiger partial charge in [-0.2, -0.15) is 10.2 Å². The Kier molecular flexibility index (Phi) is 3.69. The molecule has 0 fully saturated rings. The fourth-order valence-corrected chi connectivity index (χ4v) is 4.35. The third-order valence-corrected chi connectivity index (χ3v) is 5.81. The number of fused-ring (bicyclic) bond motifs is 2. The smallest absolute Gasteiger partial charge is 0.139 e. The Bertz CT molecular complexity index is 918. The SMILES string of the molecule is Cn1nccc1[C@H](O)c1cc2n(n1)CCN(C1Cc3ccccc3C1)C2. The van der Waals surface area contributed by atoms with Gasteiger partial charge >= 0.3 is 0 Å². The normalized spacial score (nSPS) is 18.7. The van der Waals surface area contributed by atoms with Crippen LogP contribution < -0.4 is 0 Å². The van der Waals surface area contributed by atoms with Crippen LogP contribution in [0.5, 0.6) is 0 Å². The van der Waals surface area contributed by atoms with E-state index in [-0.39, 0.29) is 0 Å². The summed E-state index contributed by atoms with van der Waals surface area (Å²) >= 11 is 0. The highest BCUT2D eigenvalue weighted by molar-refractivity contribution is 5.33. The van der Waals surface area contributed by atoms with Crippen molar-refractivity contribution in [1.82, 2.24) is 24.5 Å². The molecular weight excluding hydrogens is 326 g/mol. The fraction of sp³-hybridized carbons (Fsp3) is 0.400. The maximum absolute atomic E-state index is 10.7. The molecule has 0 unspecified atom stereocenters. The summed E-state index contributed by atoms with van der Waals surface area (Å²) in [6.45, 7) is 2.78. The van der Waals surface area contributed by atoms with Gasteiger partial charge in [-0.05, 0) is 36.1 Å². The van der Waals surface area contributed by atoms with E-state index < -0.39 is 6.10 Å². The van der Waals surface area contributed by atoms with Crippen molar-refractivity contribution < 1.29 is 5.11 Å². The van der Waals surface area contributed by atoms with Gasteiger partial charge in [0.05, 0.1) is 23.6 Å². The molecule has 1 aromatic carbocycles. The van der Waals surface area contributed by atoms with E-state index in [4.69, 9.17) is 0 Å². The first-order valence-electron chi connectivity index (χ1n) is 9.22. The molecule has 6 nitrogen and oxygen atoms in total. The summed E-state index contributed by atoms with van der Waals surface area (Å²) in [5.74, 6) is 0. The van der Waals surface area contributed by atoms with Crippen molar-refractivity contribution in [3.05, 3.63) is 70.8 Å². The summed E-state index contributed by atoms with van der Waals surface area (Å²) in [6, 6.07) is 13.2. The summed E-state index contributed by atoms with van der Waals surface area (Å²) in [6.07, 6.45) is 3.24. The Labute approximate surface area is 152 Å². The molecule has 0 bridgehead atoms. The topological polar surface area (TPSA) is 59.1 Å². The standard InChI is InChI=1S/C20H23N5O/c1-23-19(6-7-21-23)20(26)18-12-17-13-24(8-9-25(17)22-18)16-10-14-4-2-3-5-15(14)11-16/h2-7,12,16,20,26H,8-11,13H2,1H3/t20-/m1/s1. The molecule has 2 aliphatic rings. The van der Waals surface area contributed by atoms with E-state index in [1.807, 2.05) is 23.9 Å². The van der Waals surface area contributed by atoms with Crippen LogP contribution in [0.1, 0.15) is 34.3 Å². The second kappa shape index (κ2) is 6.07. The van der Waals surface area contributed by atoms with E-state index in [9.17, 15) is 5.11 Å². The molecule has 0 saturated carbocycles. The molecule has 0 spiro atoms. The molecule has 5 rings (SSSR count). The molecule has 1 aliphatic heterocycles. The number of benzene rings is 1. The van der Waals surface area contributed by atoms with Crippen molar-refractivity contribution in [1.29, 1.82) is 0 Å². The third kappa shape index (κ3) is 2.57. The summed E-state index contributed by atoms with van der Waals surface area (Å²) in [7, 11) is 1.84. The Hall–Kier alpha value is -2.44. The highest BCUT2D eigenvalue weighted by atomic mass is 16.3. The van der Waals surface area contributed by atoms with E-state index in [1.165, 1.54) is 16.8 Å². The molecule has 0 saturated heterocycles. The van der Waals surface area contributed by atoms with Crippen molar-refractivity contribution in [3.8, 4) is 0 Å². The quantitative estimate of drug-likeness (QED) is 0.782. The van der Waals surface area contributed by atoms with Crippen LogP contribution in [0, 0.1) is 0 Å². The molecular formula is C20H23N5O. The van der Waals surface area contributed by atoms with E-state index in [0.717, 1.165) is 38.2 Å². The summed E-state index contributed by atoms with van der Waals surface area (Å²) in [5, 5.41) is 19.4. The summed E-state index contributed by atoms with van der Waals surface area (Å²) in [5.41, 5.74) is 5.64. The predicted molar refractivity (Wildman–Crippen MR) is 97.5 cm³/mol. The lowest BCUT2D eigenvalue weighted by Gasteiger charge is -2.32. The van der Waals surface area contributed by atoms with Gasteiger partial charge in [0.25, 0.3) is 0 Å². The minimum atomic E-state index is -0.732. The van der Waals surface area contributed by atoms with Crippen LogP contribution in [0.25, 0.3) is 0 Å². The molecule has 0 radical (unpaired) electrons. The molecule has 6 heteroatoms. The summed E-state index contributed by atoms with van der Waals surface area (Å²) < 4.78 is 3.75. The number of aliphatic hydroxyl groups excluding tert-OH is 1. The van der Waals surface area contributed by atoms with Crippen molar-refractivity contribution in [2.75, 3.05) is 6.54 Å². The first-order valence-corrected chi connectivity index (χ1v) is 9.22. The molecule has 26 heavy (non-hydrogen) atoms. The lowest BCUT2D eigenvalue weighted by molar-refractivity contribution is 0.154. The van der Waals surface area contributed by atoms with E-state index in [0.29, 0.717) is 11.7 Å². The Morgan fingerprint density at radius 1 is 1.12 bits per heavy atom. The molecule has 0 amide bonds. The van der Waals surface area contributed by atoms with Gasteiger partial charge in [0, 0.05) is 32.4 Å². The zero-order valence-electron chi connectivity index (χ0n) is 14.9. The van der Waals surface area contributed by atoms with E-state index in [1.54, 1.807) is 10.9 Å². The monoisotopic (exact) mass is 349 g/mol. The van der Waals surface area contributed by atoms with Crippen molar-refractivity contribution in [3.63, 3.8) is 0 Å². The number of nitrogens with zero attached hydrogens (tertiary/aromatic N) is 5. The molecule has 1 aliphatic carbocycles. The van der Waals surface area contributed by atoms with Gasteiger partial charge in [-0.15, -0.1) is 0 Å². The second-order valence-corrected chi connectivity index (χ2v) is 7.37. The van der Waals surface area contributed by atoms with Gasteiger partial charge in [-0.25, -0.2) is 0 Å². The first kappa shape index (κ1) is 15.8. The first-order chi connectivity index (χ1) is 12.7. The minimum absolute atomic E-state index is 0.571. The Morgan fingerprint density at radius 3 is 2.58 bits per heavy atom. The number of hydrogen-bond acceptors (Lipinski definition) is 4. The van der Waals surface area contributed by atoms with Crippen LogP contribution in [-0.4, -0.2) is 42.2 Å². The largest absolute Gasteiger partial charge is 0.380 e. The number of aromatic nitrogens is 4. The average Bonchev–Trinajstić information content (AvgIpc) is 3.37. The zero-order chi connectivity index (χ0) is 17.7. The minimum Gasteiger partial charge on any atom is -0.380 e. The highest BCUT2D eigenvalue weighted by Gasteiger charge is 2.30. The second-order valence-electron chi connectivity index (χ2n) is 7.37. The average molecular weight is 349 g/mol. The van der Waals surface area contributed by atoms with Gasteiger partial charge in [0.2, 0.25) is 0 Å². The zero-order valence-corrected chi connectivity index (χ0v) is 14.9. The molecule has 2 aromatic heterocycles. The van der Waals surface area contributed by atoms with Gasteiger partial charge in [-0.3, -0.25) is 14.3 Å². The van der Waals surface area contributed by atoms with Crippen LogP contribution in [0.4, 0.5) is 0 Å². The van der Waals surface area contributed by atoms with E-state index in [2.05, 4.69) is 39.4 Å². The molecule has 3 heterocycles. The highest BCUT2D eigenvalue weighted by Crippen LogP contribution is 2.29. The third-order valence-electron chi connectivity index (χ3n) is 5.81. The van der Waals surface area contributed by atoms with Crippen LogP contribution >= 0.6 is 0 Å². The lowest BCUT2D eigenvalue weighted by atomic mass is 10.1. The maximum atomic E-state index is 10.7. The van der Waals surface area contributed by atoms with Gasteiger partial charge in [0.15, 0.2) is 0 Å². The lowest BCUT2D eigenvalue weighted by Crippen LogP contribution is -2.41. The number of rotatable bonds is 3. The van der Waals surface area contributed by atoms with Crippen LogP contribution in [0.3, 0.4) is 0 Å². The predicted octanol–water partition coefficient (Wildman–Crippen LogP) is 1.68. The fourth-order valence-electron chi connectivity index (χ4n) is 4.35. The van der Waals surface area contributed by atoms with Crippen molar-refractivity contribution in [2.45, 2.75) is 38.1 Å². The van der Waals surface area contributed by atoms with Gasteiger partial charge < -0.3 is 5.11 Å². The van der Waals surface area contributed by atoms with E-state index >= 15 is 0 Å². The maximum Gasteiger partial charge on any atom is 0.139 e. The number of aliphatic hydroxyl groups is 1. The molecule has 3 aromatic rings. The Morgan fingerprint density at radius 2 is 1.88 bits per heavy atom. The van der Waals surface area contributed by atoms with Crippen LogP contribution in [-0.2, 0) is 33.0 Å². The number of aryl methyl sites for hydroxylation is 1. The molecule has 134 valence electrons. The number of hydrogen-bond donors (Lipinski definition) is 1. The van der Waals surface area contributed by atoms with Gasteiger partial charge in [0.1, 0.15) is 6.10 Å². The van der Waals surface area contributed by atoms with Gasteiger partial charge in [-0.1, -0.05) is 24.3 Å². The van der Waals surface area contributed by atoms with Crippen LogP contribution in [0.15, 0.2) is 42.6 Å². The van der Waals surface area contributed by atoms with Crippen LogP contribution in [0.2, 0.25) is 0 Å². The summed E-state index contributed by atoms with van der Waals surface area (Å²) in [4.78, 5) is 2.57.